The van der Waals surface area contributed by atoms with Crippen LogP contribution in [0.2, 0.25) is 8.67 Å². The smallest absolute Gasteiger partial charge is 0.390 e. The summed E-state index contributed by atoms with van der Waals surface area (Å²) in [6, 6.07) is -1.16. The number of hydrogen-bond acceptors (Lipinski definition) is 7. The molecule has 2 aromatic rings. The van der Waals surface area contributed by atoms with Crippen LogP contribution in [0.1, 0.15) is 26.2 Å². The number of nitrogens with one attached hydrogen (secondary N) is 1. The zero-order valence-electron chi connectivity index (χ0n) is 16.8. The number of aromatic nitrogens is 2. The van der Waals surface area contributed by atoms with Gasteiger partial charge in [0.05, 0.1) is 11.0 Å². The minimum absolute atomic E-state index is 0.0127. The second-order valence-electron chi connectivity index (χ2n) is 7.44. The number of nitrogens with zero attached hydrogens (tertiary/aromatic N) is 4. The molecule has 1 unspecified atom stereocenters. The van der Waals surface area contributed by atoms with Crippen LogP contribution in [0.25, 0.3) is 0 Å². The first-order chi connectivity index (χ1) is 15.0. The number of rotatable bonds is 8. The van der Waals surface area contributed by atoms with Gasteiger partial charge in [0.25, 0.3) is 0 Å². The summed E-state index contributed by atoms with van der Waals surface area (Å²) in [6.07, 6.45) is 4.29. The molecule has 1 atom stereocenters. The number of aryl methyl sites for hydroxylation is 1. The Morgan fingerprint density at radius 3 is 2.62 bits per heavy atom. The van der Waals surface area contributed by atoms with E-state index < -0.39 is 26.9 Å². The summed E-state index contributed by atoms with van der Waals surface area (Å²) in [7, 11) is -4.22. The van der Waals surface area contributed by atoms with Gasteiger partial charge in [0.15, 0.2) is 0 Å². The molecule has 3 heterocycles. The summed E-state index contributed by atoms with van der Waals surface area (Å²) in [6.45, 7) is 3.13. The molecule has 10 nitrogen and oxygen atoms in total. The predicted molar refractivity (Wildman–Crippen MR) is 125 cm³/mol. The summed E-state index contributed by atoms with van der Waals surface area (Å²) in [5.74, 6) is -0.302. The average molecular weight is 589 g/mol. The number of imidazole rings is 1. The lowest BCUT2D eigenvalue weighted by atomic mass is 9.98. The molecular formula is C17H20BrCl2N5O5S2. The monoisotopic (exact) mass is 587 g/mol. The quantitative estimate of drug-likeness (QED) is 0.368. The summed E-state index contributed by atoms with van der Waals surface area (Å²) < 4.78 is 30.1. The highest BCUT2D eigenvalue weighted by Gasteiger charge is 2.34. The molecule has 1 saturated heterocycles. The molecule has 15 heteroatoms. The molecule has 176 valence electrons. The van der Waals surface area contributed by atoms with Crippen molar-refractivity contribution in [3.05, 3.63) is 35.7 Å². The Kier molecular flexibility index (Phi) is 8.20. The number of halogens is 3. The molecule has 32 heavy (non-hydrogen) atoms. The van der Waals surface area contributed by atoms with E-state index >= 15 is 0 Å². The van der Waals surface area contributed by atoms with E-state index in [2.05, 4.69) is 32.6 Å². The Morgan fingerprint density at radius 1 is 1.41 bits per heavy atom. The van der Waals surface area contributed by atoms with E-state index in [4.69, 9.17) is 23.2 Å². The average Bonchev–Trinajstić information content (AvgIpc) is 3.29. The highest BCUT2D eigenvalue weighted by Crippen LogP contribution is 2.43. The first-order valence-corrected chi connectivity index (χ1v) is 13.5. The van der Waals surface area contributed by atoms with E-state index in [1.807, 2.05) is 0 Å². The van der Waals surface area contributed by atoms with E-state index in [1.165, 1.54) is 17.0 Å². The van der Waals surface area contributed by atoms with Gasteiger partial charge in [-0.05, 0) is 39.6 Å². The Hall–Kier alpha value is -1.25. The van der Waals surface area contributed by atoms with Gasteiger partial charge in [-0.25, -0.2) is 13.0 Å². The standard InChI is InChI=1S/C17H20BrCl2N5O5S2/c1-10-2-6-23(7-3-10)16(26)11(4-8-24-9-5-21-17(24)25(27)28)22-32(29,30)13-12(18)14(19)31-15(13)20/h5,9-11,22H,2-4,6-8H2,1H3. The fourth-order valence-corrected chi connectivity index (χ4v) is 8.19. The van der Waals surface area contributed by atoms with E-state index in [9.17, 15) is 23.3 Å². The SMILES string of the molecule is CC1CCN(C(=O)C(CCn2ccnc2[N+](=O)[O-])NS(=O)(=O)c2c(Cl)sc(Cl)c2Br)CC1. The third-order valence-electron chi connectivity index (χ3n) is 5.20. The normalized spacial score (nSPS) is 16.3. The van der Waals surface area contributed by atoms with Crippen LogP contribution in [-0.2, 0) is 21.4 Å². The van der Waals surface area contributed by atoms with Crippen LogP contribution in [0.15, 0.2) is 21.8 Å². The lowest BCUT2D eigenvalue weighted by Gasteiger charge is -2.33. The van der Waals surface area contributed by atoms with Gasteiger partial charge in [0.2, 0.25) is 15.9 Å². The molecule has 0 aliphatic carbocycles. The molecule has 3 rings (SSSR count). The number of thiophene rings is 1. The third kappa shape index (κ3) is 5.62. The molecule has 1 aliphatic heterocycles. The van der Waals surface area contributed by atoms with Crippen LogP contribution in [0, 0.1) is 16.0 Å². The topological polar surface area (TPSA) is 127 Å². The number of likely N-dealkylation sites (tertiary alicyclic amines) is 1. The first-order valence-electron chi connectivity index (χ1n) is 9.61. The van der Waals surface area contributed by atoms with Crippen molar-refractivity contribution in [2.45, 2.75) is 43.7 Å². The number of piperidine rings is 1. The molecule has 1 N–H and O–H groups in total. The van der Waals surface area contributed by atoms with E-state index in [0.717, 1.165) is 24.2 Å². The minimum atomic E-state index is -4.22. The predicted octanol–water partition coefficient (Wildman–Crippen LogP) is 3.92. The van der Waals surface area contributed by atoms with Gasteiger partial charge >= 0.3 is 5.95 Å². The van der Waals surface area contributed by atoms with Crippen LogP contribution in [0.4, 0.5) is 5.95 Å². The van der Waals surface area contributed by atoms with Gasteiger partial charge in [0.1, 0.15) is 32.0 Å². The molecule has 2 aromatic heterocycles. The van der Waals surface area contributed by atoms with Gasteiger partial charge in [-0.3, -0.25) is 4.79 Å². The number of hydrogen-bond donors (Lipinski definition) is 1. The lowest BCUT2D eigenvalue weighted by molar-refractivity contribution is -0.396. The highest BCUT2D eigenvalue weighted by atomic mass is 79.9. The molecule has 0 bridgehead atoms. The van der Waals surface area contributed by atoms with Gasteiger partial charge in [-0.15, -0.1) is 11.3 Å². The van der Waals surface area contributed by atoms with Crippen LogP contribution < -0.4 is 4.72 Å². The summed E-state index contributed by atoms with van der Waals surface area (Å²) in [5, 5.41) is 11.1. The molecule has 0 saturated carbocycles. The number of carbonyl (C=O) groups excluding carboxylic acids is 1. The first kappa shape index (κ1) is 25.4. The third-order valence-corrected chi connectivity index (χ3v) is 10.1. The molecule has 1 fully saturated rings. The zero-order valence-corrected chi connectivity index (χ0v) is 21.6. The Morgan fingerprint density at radius 2 is 2.06 bits per heavy atom. The maximum atomic E-state index is 13.2. The Labute approximate surface area is 207 Å². The summed E-state index contributed by atoms with van der Waals surface area (Å²) in [5.41, 5.74) is 0. The van der Waals surface area contributed by atoms with Crippen molar-refractivity contribution in [3.8, 4) is 0 Å². The summed E-state index contributed by atoms with van der Waals surface area (Å²) >= 11 is 16.1. The Bertz CT molecular complexity index is 1110. The molecule has 0 aromatic carbocycles. The minimum Gasteiger partial charge on any atom is -0.390 e. The van der Waals surface area contributed by atoms with Crippen LogP contribution in [0.5, 0.6) is 0 Å². The maximum absolute atomic E-state index is 13.2. The zero-order chi connectivity index (χ0) is 23.6. The van der Waals surface area contributed by atoms with Gasteiger partial charge < -0.3 is 15.0 Å². The van der Waals surface area contributed by atoms with Crippen molar-refractivity contribution in [2.24, 2.45) is 5.92 Å². The molecule has 0 spiro atoms. The fraction of sp³-hybridized carbons (Fsp3) is 0.529. The Balaban J connectivity index is 1.86. The maximum Gasteiger partial charge on any atom is 0.434 e. The second-order valence-corrected chi connectivity index (χ2v) is 12.1. The van der Waals surface area contributed by atoms with Crippen molar-refractivity contribution in [1.29, 1.82) is 0 Å². The van der Waals surface area contributed by atoms with E-state index in [1.54, 1.807) is 4.90 Å². The molecule has 1 aliphatic rings. The number of sulfonamides is 1. The molecule has 1 amide bonds. The van der Waals surface area contributed by atoms with Gasteiger partial charge in [-0.1, -0.05) is 35.1 Å². The fourth-order valence-electron chi connectivity index (χ4n) is 3.41. The van der Waals surface area contributed by atoms with Crippen molar-refractivity contribution in [1.82, 2.24) is 19.2 Å². The van der Waals surface area contributed by atoms with Crippen molar-refractivity contribution in [2.75, 3.05) is 13.1 Å². The largest absolute Gasteiger partial charge is 0.434 e. The second kappa shape index (κ2) is 10.3. The van der Waals surface area contributed by atoms with E-state index in [-0.39, 0.29) is 37.0 Å². The number of nitro groups is 1. The van der Waals surface area contributed by atoms with Crippen LogP contribution in [0.3, 0.4) is 0 Å². The van der Waals surface area contributed by atoms with Crippen molar-refractivity contribution >= 4 is 72.3 Å². The van der Waals surface area contributed by atoms with Gasteiger partial charge in [0, 0.05) is 19.5 Å². The van der Waals surface area contributed by atoms with Crippen LogP contribution in [-0.4, -0.2) is 52.8 Å². The summed E-state index contributed by atoms with van der Waals surface area (Å²) in [4.78, 5) is 28.8. The van der Waals surface area contributed by atoms with Gasteiger partial charge in [-0.2, -0.15) is 4.72 Å². The van der Waals surface area contributed by atoms with E-state index in [0.29, 0.717) is 19.0 Å². The van der Waals surface area contributed by atoms with Crippen molar-refractivity contribution < 1.29 is 18.1 Å². The lowest BCUT2D eigenvalue weighted by Crippen LogP contribution is -2.50. The molecule has 0 radical (unpaired) electrons. The highest BCUT2D eigenvalue weighted by molar-refractivity contribution is 9.10. The van der Waals surface area contributed by atoms with Crippen molar-refractivity contribution in [3.63, 3.8) is 0 Å². The molecular weight excluding hydrogens is 569 g/mol. The van der Waals surface area contributed by atoms with Crippen LogP contribution >= 0.6 is 50.5 Å². The number of carbonyl (C=O) groups is 1. The number of amides is 1.